The van der Waals surface area contributed by atoms with Gasteiger partial charge >= 0.3 is 0 Å². The van der Waals surface area contributed by atoms with Gasteiger partial charge in [-0.25, -0.2) is 13.1 Å². The molecule has 0 atom stereocenters. The molecular formula is C17H20ClNO3S. The molecular weight excluding hydrogens is 334 g/mol. The smallest absolute Gasteiger partial charge is 0.240 e. The first-order chi connectivity index (χ1) is 10.8. The van der Waals surface area contributed by atoms with Crippen LogP contribution >= 0.6 is 11.6 Å². The van der Waals surface area contributed by atoms with Crippen LogP contribution in [0.15, 0.2) is 41.3 Å². The quantitative estimate of drug-likeness (QED) is 0.807. The number of halogens is 1. The number of para-hydroxylation sites is 1. The highest BCUT2D eigenvalue weighted by Gasteiger charge is 2.14. The lowest BCUT2D eigenvalue weighted by molar-refractivity contribution is 0.318. The fraction of sp³-hybridized carbons (Fsp3) is 0.294. The standard InChI is InChI=1S/C17H20ClNO3S/c1-12-5-4-6-13(2)17(12)22-10-9-19-23(20,21)15-7-8-16(18)14(3)11-15/h4-8,11,19H,9-10H2,1-3H3. The van der Waals surface area contributed by atoms with E-state index in [2.05, 4.69) is 4.72 Å². The molecule has 0 amide bonds. The molecule has 4 nitrogen and oxygen atoms in total. The molecule has 0 fully saturated rings. The maximum Gasteiger partial charge on any atom is 0.240 e. The highest BCUT2D eigenvalue weighted by atomic mass is 35.5. The molecule has 0 saturated heterocycles. The zero-order valence-electron chi connectivity index (χ0n) is 13.4. The lowest BCUT2D eigenvalue weighted by Crippen LogP contribution is -2.28. The Hall–Kier alpha value is -1.56. The largest absolute Gasteiger partial charge is 0.492 e. The fourth-order valence-corrected chi connectivity index (χ4v) is 3.44. The molecule has 1 N–H and O–H groups in total. The van der Waals surface area contributed by atoms with Crippen LogP contribution < -0.4 is 9.46 Å². The molecule has 6 heteroatoms. The van der Waals surface area contributed by atoms with Crippen molar-refractivity contribution in [2.24, 2.45) is 0 Å². The van der Waals surface area contributed by atoms with E-state index >= 15 is 0 Å². The van der Waals surface area contributed by atoms with Crippen molar-refractivity contribution in [3.05, 3.63) is 58.1 Å². The normalized spacial score (nSPS) is 11.5. The lowest BCUT2D eigenvalue weighted by atomic mass is 10.1. The van der Waals surface area contributed by atoms with Crippen LogP contribution in [0.5, 0.6) is 5.75 Å². The number of aryl methyl sites for hydroxylation is 3. The van der Waals surface area contributed by atoms with E-state index in [1.54, 1.807) is 19.1 Å². The van der Waals surface area contributed by atoms with E-state index in [9.17, 15) is 8.42 Å². The van der Waals surface area contributed by atoms with Gasteiger partial charge in [0.05, 0.1) is 4.90 Å². The third kappa shape index (κ3) is 4.47. The highest BCUT2D eigenvalue weighted by molar-refractivity contribution is 7.89. The van der Waals surface area contributed by atoms with Gasteiger partial charge in [0.15, 0.2) is 0 Å². The van der Waals surface area contributed by atoms with Gasteiger partial charge in [-0.05, 0) is 55.7 Å². The Morgan fingerprint density at radius 1 is 1.04 bits per heavy atom. The van der Waals surface area contributed by atoms with Gasteiger partial charge in [-0.2, -0.15) is 0 Å². The minimum absolute atomic E-state index is 0.192. The van der Waals surface area contributed by atoms with Gasteiger partial charge in [-0.1, -0.05) is 29.8 Å². The van der Waals surface area contributed by atoms with Gasteiger partial charge in [0.25, 0.3) is 0 Å². The van der Waals surface area contributed by atoms with Gasteiger partial charge in [0.2, 0.25) is 10.0 Å². The van der Waals surface area contributed by atoms with Gasteiger partial charge in [-0.15, -0.1) is 0 Å². The van der Waals surface area contributed by atoms with Crippen molar-refractivity contribution in [3.63, 3.8) is 0 Å². The van der Waals surface area contributed by atoms with Crippen LogP contribution in [-0.2, 0) is 10.0 Å². The topological polar surface area (TPSA) is 55.4 Å². The fourth-order valence-electron chi connectivity index (χ4n) is 2.22. The predicted octanol–water partition coefficient (Wildman–Crippen LogP) is 3.62. The van der Waals surface area contributed by atoms with Crippen molar-refractivity contribution in [2.75, 3.05) is 13.2 Å². The minimum Gasteiger partial charge on any atom is -0.492 e. The van der Waals surface area contributed by atoms with E-state index < -0.39 is 10.0 Å². The van der Waals surface area contributed by atoms with E-state index in [1.165, 1.54) is 6.07 Å². The van der Waals surface area contributed by atoms with Crippen molar-refractivity contribution < 1.29 is 13.2 Å². The molecule has 0 unspecified atom stereocenters. The molecule has 2 rings (SSSR count). The third-order valence-electron chi connectivity index (χ3n) is 3.49. The van der Waals surface area contributed by atoms with Gasteiger partial charge < -0.3 is 4.74 Å². The maximum absolute atomic E-state index is 12.2. The second-order valence-corrected chi connectivity index (χ2v) is 7.55. The number of nitrogens with one attached hydrogen (secondary N) is 1. The molecule has 0 aromatic heterocycles. The summed E-state index contributed by atoms with van der Waals surface area (Å²) < 4.78 is 32.7. The Balaban J connectivity index is 1.96. The van der Waals surface area contributed by atoms with E-state index in [0.717, 1.165) is 22.4 Å². The number of rotatable bonds is 6. The van der Waals surface area contributed by atoms with Crippen LogP contribution in [0.25, 0.3) is 0 Å². The summed E-state index contributed by atoms with van der Waals surface area (Å²) in [4.78, 5) is 0.200. The van der Waals surface area contributed by atoms with Gasteiger partial charge in [0, 0.05) is 11.6 Å². The Bertz CT molecular complexity index is 783. The third-order valence-corrected chi connectivity index (χ3v) is 5.37. The average molecular weight is 354 g/mol. The van der Waals surface area contributed by atoms with Crippen LogP contribution in [0, 0.1) is 20.8 Å². The summed E-state index contributed by atoms with van der Waals surface area (Å²) in [6.45, 7) is 6.15. The molecule has 124 valence electrons. The lowest BCUT2D eigenvalue weighted by Gasteiger charge is -2.13. The summed E-state index contributed by atoms with van der Waals surface area (Å²) in [6, 6.07) is 10.5. The maximum atomic E-state index is 12.2. The van der Waals surface area contributed by atoms with E-state index in [-0.39, 0.29) is 18.0 Å². The second kappa shape index (κ2) is 7.34. The first-order valence-corrected chi connectivity index (χ1v) is 9.12. The van der Waals surface area contributed by atoms with Crippen molar-refractivity contribution in [2.45, 2.75) is 25.7 Å². The summed E-state index contributed by atoms with van der Waals surface area (Å²) >= 11 is 5.92. The molecule has 0 aliphatic carbocycles. The van der Waals surface area contributed by atoms with Crippen molar-refractivity contribution in [3.8, 4) is 5.75 Å². The van der Waals surface area contributed by atoms with Crippen LogP contribution in [0.1, 0.15) is 16.7 Å². The minimum atomic E-state index is -3.56. The SMILES string of the molecule is Cc1cc(S(=O)(=O)NCCOc2c(C)cccc2C)ccc1Cl. The van der Waals surface area contributed by atoms with Crippen LogP contribution in [0.2, 0.25) is 5.02 Å². The monoisotopic (exact) mass is 353 g/mol. The Labute approximate surface area is 142 Å². The Morgan fingerprint density at radius 3 is 2.30 bits per heavy atom. The molecule has 0 radical (unpaired) electrons. The summed E-state index contributed by atoms with van der Waals surface area (Å²) in [7, 11) is -3.56. The molecule has 0 heterocycles. The zero-order chi connectivity index (χ0) is 17.0. The summed E-state index contributed by atoms with van der Waals surface area (Å²) in [5.74, 6) is 0.800. The highest BCUT2D eigenvalue weighted by Crippen LogP contribution is 2.22. The molecule has 23 heavy (non-hydrogen) atoms. The molecule has 0 bridgehead atoms. The van der Waals surface area contributed by atoms with Crippen molar-refractivity contribution >= 4 is 21.6 Å². The van der Waals surface area contributed by atoms with E-state index in [0.29, 0.717) is 5.02 Å². The Kier molecular flexibility index (Phi) is 5.68. The van der Waals surface area contributed by atoms with E-state index in [4.69, 9.17) is 16.3 Å². The summed E-state index contributed by atoms with van der Waals surface area (Å²) in [5, 5.41) is 0.544. The van der Waals surface area contributed by atoms with Gasteiger partial charge in [-0.3, -0.25) is 0 Å². The van der Waals surface area contributed by atoms with Crippen molar-refractivity contribution in [1.29, 1.82) is 0 Å². The number of sulfonamides is 1. The van der Waals surface area contributed by atoms with Crippen LogP contribution in [0.3, 0.4) is 0 Å². The number of ether oxygens (including phenoxy) is 1. The summed E-state index contributed by atoms with van der Waals surface area (Å²) in [6.07, 6.45) is 0. The first-order valence-electron chi connectivity index (χ1n) is 7.26. The number of hydrogen-bond acceptors (Lipinski definition) is 3. The number of benzene rings is 2. The molecule has 2 aromatic carbocycles. The van der Waals surface area contributed by atoms with Crippen molar-refractivity contribution in [1.82, 2.24) is 4.72 Å². The molecule has 0 aliphatic rings. The molecule has 0 saturated carbocycles. The Morgan fingerprint density at radius 2 is 1.70 bits per heavy atom. The summed E-state index contributed by atoms with van der Waals surface area (Å²) in [5.41, 5.74) is 2.78. The average Bonchev–Trinajstić information content (AvgIpc) is 2.48. The first kappa shape index (κ1) is 17.8. The van der Waals surface area contributed by atoms with E-state index in [1.807, 2.05) is 32.0 Å². The molecule has 0 spiro atoms. The van der Waals surface area contributed by atoms with Crippen LogP contribution in [0.4, 0.5) is 0 Å². The second-order valence-electron chi connectivity index (χ2n) is 5.38. The number of hydrogen-bond donors (Lipinski definition) is 1. The molecule has 0 aliphatic heterocycles. The zero-order valence-corrected chi connectivity index (χ0v) is 15.0. The van der Waals surface area contributed by atoms with Crippen LogP contribution in [-0.4, -0.2) is 21.6 Å². The van der Waals surface area contributed by atoms with Gasteiger partial charge in [0.1, 0.15) is 12.4 Å². The molecule has 2 aromatic rings. The predicted molar refractivity (Wildman–Crippen MR) is 92.8 cm³/mol.